The molecular formula is C20H22N6O2. The summed E-state index contributed by atoms with van der Waals surface area (Å²) in [6.07, 6.45) is 3.33. The van der Waals surface area contributed by atoms with Gasteiger partial charge in [0.25, 0.3) is 5.91 Å². The van der Waals surface area contributed by atoms with Crippen LogP contribution in [-0.2, 0) is 13.6 Å². The Morgan fingerprint density at radius 3 is 2.89 bits per heavy atom. The van der Waals surface area contributed by atoms with Crippen LogP contribution in [0.2, 0.25) is 0 Å². The Bertz CT molecular complexity index is 1140. The summed E-state index contributed by atoms with van der Waals surface area (Å²) in [5.41, 5.74) is 3.47. The van der Waals surface area contributed by atoms with Gasteiger partial charge >= 0.3 is 0 Å². The third-order valence-electron chi connectivity index (χ3n) is 4.83. The molecule has 1 atom stereocenters. The summed E-state index contributed by atoms with van der Waals surface area (Å²) < 4.78 is 9.04. The Morgan fingerprint density at radius 2 is 2.18 bits per heavy atom. The van der Waals surface area contributed by atoms with Crippen LogP contribution in [0.25, 0.3) is 22.5 Å². The first-order chi connectivity index (χ1) is 13.5. The van der Waals surface area contributed by atoms with E-state index >= 15 is 0 Å². The number of amides is 1. The fourth-order valence-electron chi connectivity index (χ4n) is 3.50. The van der Waals surface area contributed by atoms with Gasteiger partial charge in [-0.25, -0.2) is 4.98 Å². The van der Waals surface area contributed by atoms with Crippen LogP contribution in [0.3, 0.4) is 0 Å². The first kappa shape index (κ1) is 18.0. The molecule has 0 bridgehead atoms. The van der Waals surface area contributed by atoms with Gasteiger partial charge in [-0.05, 0) is 45.0 Å². The van der Waals surface area contributed by atoms with Gasteiger partial charge in [-0.2, -0.15) is 10.2 Å². The number of nitrogens with one attached hydrogen (secondary N) is 1. The molecule has 0 saturated heterocycles. The summed E-state index contributed by atoms with van der Waals surface area (Å²) in [7, 11) is 1.82. The monoisotopic (exact) mass is 378 g/mol. The van der Waals surface area contributed by atoms with Gasteiger partial charge in [0, 0.05) is 19.8 Å². The van der Waals surface area contributed by atoms with Gasteiger partial charge in [-0.15, -0.1) is 0 Å². The van der Waals surface area contributed by atoms with Gasteiger partial charge in [0.1, 0.15) is 5.69 Å². The van der Waals surface area contributed by atoms with E-state index in [9.17, 15) is 4.79 Å². The summed E-state index contributed by atoms with van der Waals surface area (Å²) in [5.74, 6) is 0.416. The van der Waals surface area contributed by atoms with E-state index in [1.54, 1.807) is 29.3 Å². The number of carbonyl (C=O) groups excluding carboxylic acids is 1. The van der Waals surface area contributed by atoms with Gasteiger partial charge in [0.15, 0.2) is 11.4 Å². The molecule has 4 aromatic rings. The lowest BCUT2D eigenvalue weighted by atomic mass is 10.1. The number of hydrogen-bond acceptors (Lipinski definition) is 5. The third kappa shape index (κ3) is 2.96. The van der Waals surface area contributed by atoms with E-state index in [0.717, 1.165) is 23.3 Å². The molecule has 0 fully saturated rings. The first-order valence-electron chi connectivity index (χ1n) is 9.20. The van der Waals surface area contributed by atoms with Crippen LogP contribution in [0, 0.1) is 6.92 Å². The molecule has 1 amide bonds. The standard InChI is InChI=1S/C20H22N6O2/c1-5-26-16(8-9-21-26)12(2)22-20(27)14-11-15(17-7-6-10-28-17)23-19-18(14)13(3)24-25(19)4/h6-12H,5H2,1-4H3,(H,22,27). The summed E-state index contributed by atoms with van der Waals surface area (Å²) in [5, 5.41) is 12.5. The highest BCUT2D eigenvalue weighted by molar-refractivity contribution is 6.07. The predicted molar refractivity (Wildman–Crippen MR) is 105 cm³/mol. The van der Waals surface area contributed by atoms with Crippen molar-refractivity contribution in [1.29, 1.82) is 0 Å². The highest BCUT2D eigenvalue weighted by Crippen LogP contribution is 2.27. The lowest BCUT2D eigenvalue weighted by Gasteiger charge is -2.16. The van der Waals surface area contributed by atoms with Gasteiger partial charge in [0.05, 0.1) is 34.6 Å². The second-order valence-corrected chi connectivity index (χ2v) is 6.71. The Kier molecular flexibility index (Phi) is 4.46. The van der Waals surface area contributed by atoms with E-state index in [4.69, 9.17) is 4.42 Å². The fourth-order valence-corrected chi connectivity index (χ4v) is 3.50. The Hall–Kier alpha value is -3.42. The molecule has 0 saturated carbocycles. The fraction of sp³-hybridized carbons (Fsp3) is 0.300. The van der Waals surface area contributed by atoms with Crippen molar-refractivity contribution in [2.75, 3.05) is 0 Å². The van der Waals surface area contributed by atoms with Crippen molar-refractivity contribution in [2.45, 2.75) is 33.4 Å². The second kappa shape index (κ2) is 6.95. The average molecular weight is 378 g/mol. The van der Waals surface area contributed by atoms with Crippen molar-refractivity contribution < 1.29 is 9.21 Å². The molecule has 4 heterocycles. The average Bonchev–Trinajstić information content (AvgIpc) is 3.42. The minimum atomic E-state index is -0.192. The van der Waals surface area contributed by atoms with Crippen molar-refractivity contribution in [2.24, 2.45) is 7.05 Å². The Morgan fingerprint density at radius 1 is 1.36 bits per heavy atom. The summed E-state index contributed by atoms with van der Waals surface area (Å²) in [4.78, 5) is 17.9. The van der Waals surface area contributed by atoms with Crippen LogP contribution >= 0.6 is 0 Å². The van der Waals surface area contributed by atoms with Crippen LogP contribution in [0.5, 0.6) is 0 Å². The van der Waals surface area contributed by atoms with Gasteiger partial charge in [-0.3, -0.25) is 14.2 Å². The quantitative estimate of drug-likeness (QED) is 0.576. The van der Waals surface area contributed by atoms with E-state index in [1.807, 2.05) is 44.6 Å². The molecule has 144 valence electrons. The van der Waals surface area contributed by atoms with Crippen molar-refractivity contribution >= 4 is 16.9 Å². The van der Waals surface area contributed by atoms with Crippen LogP contribution in [-0.4, -0.2) is 30.5 Å². The molecule has 0 radical (unpaired) electrons. The van der Waals surface area contributed by atoms with E-state index in [2.05, 4.69) is 20.5 Å². The lowest BCUT2D eigenvalue weighted by molar-refractivity contribution is 0.0940. The molecule has 4 aromatic heterocycles. The summed E-state index contributed by atoms with van der Waals surface area (Å²) in [6, 6.07) is 7.10. The molecule has 0 aliphatic rings. The Balaban J connectivity index is 1.77. The zero-order valence-electron chi connectivity index (χ0n) is 16.3. The SMILES string of the molecule is CCn1nccc1C(C)NC(=O)c1cc(-c2ccco2)nc2c1c(C)nn2C. The number of carbonyl (C=O) groups is 1. The van der Waals surface area contributed by atoms with Crippen molar-refractivity contribution in [3.05, 3.63) is 53.7 Å². The van der Waals surface area contributed by atoms with E-state index in [0.29, 0.717) is 22.7 Å². The zero-order valence-corrected chi connectivity index (χ0v) is 16.3. The van der Waals surface area contributed by atoms with Gasteiger partial charge in [-0.1, -0.05) is 0 Å². The Labute approximate surface area is 162 Å². The number of fused-ring (bicyclic) bond motifs is 1. The number of furan rings is 1. The highest BCUT2D eigenvalue weighted by Gasteiger charge is 2.22. The molecular weight excluding hydrogens is 356 g/mol. The maximum atomic E-state index is 13.2. The maximum absolute atomic E-state index is 13.2. The third-order valence-corrected chi connectivity index (χ3v) is 4.83. The highest BCUT2D eigenvalue weighted by atomic mass is 16.3. The molecule has 0 aromatic carbocycles. The van der Waals surface area contributed by atoms with Crippen molar-refractivity contribution in [3.63, 3.8) is 0 Å². The van der Waals surface area contributed by atoms with Crippen LogP contribution < -0.4 is 5.32 Å². The van der Waals surface area contributed by atoms with Gasteiger partial charge < -0.3 is 9.73 Å². The smallest absolute Gasteiger partial charge is 0.252 e. The van der Waals surface area contributed by atoms with E-state index < -0.39 is 0 Å². The molecule has 0 aliphatic carbocycles. The molecule has 4 rings (SSSR count). The molecule has 28 heavy (non-hydrogen) atoms. The predicted octanol–water partition coefficient (Wildman–Crippen LogP) is 3.24. The number of rotatable bonds is 5. The maximum Gasteiger partial charge on any atom is 0.252 e. The van der Waals surface area contributed by atoms with Gasteiger partial charge in [0.2, 0.25) is 0 Å². The second-order valence-electron chi connectivity index (χ2n) is 6.71. The number of aryl methyl sites for hydroxylation is 3. The van der Waals surface area contributed by atoms with Crippen molar-refractivity contribution in [3.8, 4) is 11.5 Å². The van der Waals surface area contributed by atoms with Crippen LogP contribution in [0.4, 0.5) is 0 Å². The molecule has 8 nitrogen and oxygen atoms in total. The summed E-state index contributed by atoms with van der Waals surface area (Å²) in [6.45, 7) is 6.59. The summed E-state index contributed by atoms with van der Waals surface area (Å²) >= 11 is 0. The molecule has 0 aliphatic heterocycles. The lowest BCUT2D eigenvalue weighted by Crippen LogP contribution is -2.28. The zero-order chi connectivity index (χ0) is 19.8. The number of hydrogen-bond donors (Lipinski definition) is 1. The number of nitrogens with zero attached hydrogens (tertiary/aromatic N) is 5. The molecule has 8 heteroatoms. The van der Waals surface area contributed by atoms with E-state index in [1.165, 1.54) is 0 Å². The molecule has 1 N–H and O–H groups in total. The largest absolute Gasteiger partial charge is 0.463 e. The van der Waals surface area contributed by atoms with Crippen LogP contribution in [0.1, 0.15) is 41.6 Å². The number of pyridine rings is 1. The van der Waals surface area contributed by atoms with Crippen LogP contribution in [0.15, 0.2) is 41.1 Å². The number of aromatic nitrogens is 5. The molecule has 0 spiro atoms. The normalized spacial score (nSPS) is 12.4. The minimum absolute atomic E-state index is 0.187. The van der Waals surface area contributed by atoms with Crippen molar-refractivity contribution in [1.82, 2.24) is 29.9 Å². The minimum Gasteiger partial charge on any atom is -0.463 e. The first-order valence-corrected chi connectivity index (χ1v) is 9.20. The van der Waals surface area contributed by atoms with E-state index in [-0.39, 0.29) is 11.9 Å². The topological polar surface area (TPSA) is 90.8 Å². The molecule has 1 unspecified atom stereocenters.